The molecule has 5 heteroatoms. The molecule has 0 aliphatic rings. The predicted molar refractivity (Wildman–Crippen MR) is 72.4 cm³/mol. The van der Waals surface area contributed by atoms with E-state index in [1.807, 2.05) is 31.3 Å². The average molecular weight is 264 g/mol. The van der Waals surface area contributed by atoms with Gasteiger partial charge in [0.05, 0.1) is 20.3 Å². The first-order valence-corrected chi connectivity index (χ1v) is 6.37. The summed E-state index contributed by atoms with van der Waals surface area (Å²) in [5.74, 6) is 1.35. The zero-order valence-electron chi connectivity index (χ0n) is 10.6. The van der Waals surface area contributed by atoms with Crippen molar-refractivity contribution in [1.82, 2.24) is 4.98 Å². The van der Waals surface area contributed by atoms with E-state index in [1.54, 1.807) is 25.6 Å². The summed E-state index contributed by atoms with van der Waals surface area (Å²) in [4.78, 5) is 5.46. The maximum Gasteiger partial charge on any atom is 0.165 e. The van der Waals surface area contributed by atoms with E-state index in [9.17, 15) is 0 Å². The molecule has 1 unspecified atom stereocenters. The fourth-order valence-corrected chi connectivity index (χ4v) is 2.60. The summed E-state index contributed by atoms with van der Waals surface area (Å²) in [6.45, 7) is 2.01. The second-order valence-electron chi connectivity index (χ2n) is 3.87. The van der Waals surface area contributed by atoms with Gasteiger partial charge in [0.1, 0.15) is 5.01 Å². The highest BCUT2D eigenvalue weighted by molar-refractivity contribution is 7.11. The fourth-order valence-electron chi connectivity index (χ4n) is 1.81. The minimum absolute atomic E-state index is 0.297. The Morgan fingerprint density at radius 3 is 2.61 bits per heavy atom. The van der Waals surface area contributed by atoms with Crippen LogP contribution in [0.1, 0.15) is 21.5 Å². The second-order valence-corrected chi connectivity index (χ2v) is 5.14. The maximum absolute atomic E-state index is 6.24. The van der Waals surface area contributed by atoms with E-state index in [2.05, 4.69) is 4.98 Å². The van der Waals surface area contributed by atoms with Gasteiger partial charge in [0.2, 0.25) is 0 Å². The number of methoxy groups -OCH3 is 2. The summed E-state index contributed by atoms with van der Waals surface area (Å²) in [7, 11) is 3.22. The summed E-state index contributed by atoms with van der Waals surface area (Å²) in [5.41, 5.74) is 7.12. The van der Waals surface area contributed by atoms with Crippen molar-refractivity contribution in [3.8, 4) is 11.5 Å². The van der Waals surface area contributed by atoms with Gasteiger partial charge < -0.3 is 15.2 Å². The van der Waals surface area contributed by atoms with Crippen LogP contribution in [-0.4, -0.2) is 19.2 Å². The number of aryl methyl sites for hydroxylation is 1. The summed E-state index contributed by atoms with van der Waals surface area (Å²) in [5, 5.41) is 0.874. The minimum Gasteiger partial charge on any atom is -0.493 e. The number of rotatable bonds is 4. The highest BCUT2D eigenvalue weighted by Gasteiger charge is 2.19. The molecular weight excluding hydrogens is 248 g/mol. The number of hydrogen-bond acceptors (Lipinski definition) is 5. The Labute approximate surface area is 110 Å². The molecule has 1 heterocycles. The first kappa shape index (κ1) is 12.9. The Bertz CT molecular complexity index is 540. The lowest BCUT2D eigenvalue weighted by Gasteiger charge is -2.16. The van der Waals surface area contributed by atoms with Gasteiger partial charge in [0.25, 0.3) is 0 Å². The van der Waals surface area contributed by atoms with Crippen LogP contribution in [0.25, 0.3) is 0 Å². The van der Waals surface area contributed by atoms with E-state index in [4.69, 9.17) is 15.2 Å². The zero-order chi connectivity index (χ0) is 13.1. The third kappa shape index (κ3) is 2.32. The molecule has 4 nitrogen and oxygen atoms in total. The van der Waals surface area contributed by atoms with Crippen LogP contribution < -0.4 is 15.2 Å². The predicted octanol–water partition coefficient (Wildman–Crippen LogP) is 2.52. The van der Waals surface area contributed by atoms with Crippen molar-refractivity contribution in [2.75, 3.05) is 14.2 Å². The van der Waals surface area contributed by atoms with Crippen molar-refractivity contribution in [3.05, 3.63) is 39.8 Å². The van der Waals surface area contributed by atoms with Crippen LogP contribution in [0, 0.1) is 6.92 Å². The van der Waals surface area contributed by atoms with E-state index in [-0.39, 0.29) is 6.04 Å². The Kier molecular flexibility index (Phi) is 3.84. The lowest BCUT2D eigenvalue weighted by Crippen LogP contribution is -2.13. The number of hydrogen-bond donors (Lipinski definition) is 1. The summed E-state index contributed by atoms with van der Waals surface area (Å²) < 4.78 is 10.7. The molecule has 96 valence electrons. The van der Waals surface area contributed by atoms with Gasteiger partial charge in [-0.3, -0.25) is 0 Å². The summed E-state index contributed by atoms with van der Waals surface area (Å²) in [6.07, 6.45) is 1.83. The van der Waals surface area contributed by atoms with Crippen LogP contribution in [0.3, 0.4) is 0 Å². The van der Waals surface area contributed by atoms with E-state index in [1.165, 1.54) is 0 Å². The minimum atomic E-state index is -0.297. The molecule has 0 radical (unpaired) electrons. The van der Waals surface area contributed by atoms with E-state index < -0.39 is 0 Å². The first-order chi connectivity index (χ1) is 8.67. The van der Waals surface area contributed by atoms with Gasteiger partial charge in [0, 0.05) is 16.6 Å². The standard InChI is InChI=1S/C13H16N2O2S/c1-8-7-15-13(18-8)11(14)9-5-4-6-10(16-2)12(9)17-3/h4-7,11H,14H2,1-3H3. The Hall–Kier alpha value is -1.59. The molecule has 0 aliphatic heterocycles. The molecule has 1 atom stereocenters. The Morgan fingerprint density at radius 2 is 2.06 bits per heavy atom. The molecule has 18 heavy (non-hydrogen) atoms. The molecule has 0 bridgehead atoms. The van der Waals surface area contributed by atoms with Crippen molar-refractivity contribution in [1.29, 1.82) is 0 Å². The van der Waals surface area contributed by atoms with Crippen molar-refractivity contribution in [2.24, 2.45) is 5.73 Å². The molecule has 0 spiro atoms. The highest BCUT2D eigenvalue weighted by Crippen LogP contribution is 2.36. The monoisotopic (exact) mass is 264 g/mol. The smallest absolute Gasteiger partial charge is 0.165 e. The molecule has 2 rings (SSSR count). The lowest BCUT2D eigenvalue weighted by molar-refractivity contribution is 0.350. The molecule has 0 amide bonds. The van der Waals surface area contributed by atoms with Gasteiger partial charge in [-0.25, -0.2) is 4.98 Å². The maximum atomic E-state index is 6.24. The fraction of sp³-hybridized carbons (Fsp3) is 0.308. The number of ether oxygens (including phenoxy) is 2. The number of benzene rings is 1. The molecule has 0 fully saturated rings. The van der Waals surface area contributed by atoms with E-state index >= 15 is 0 Å². The van der Waals surface area contributed by atoms with Crippen LogP contribution in [0.5, 0.6) is 11.5 Å². The van der Waals surface area contributed by atoms with Gasteiger partial charge in [0.15, 0.2) is 11.5 Å². The second kappa shape index (κ2) is 5.37. The number of thiazole rings is 1. The average Bonchev–Trinajstić information content (AvgIpc) is 2.83. The topological polar surface area (TPSA) is 57.4 Å². The van der Waals surface area contributed by atoms with Gasteiger partial charge in [-0.05, 0) is 13.0 Å². The van der Waals surface area contributed by atoms with Crippen molar-refractivity contribution in [3.63, 3.8) is 0 Å². The molecule has 0 saturated carbocycles. The molecule has 1 aromatic carbocycles. The van der Waals surface area contributed by atoms with E-state index in [0.29, 0.717) is 11.5 Å². The number of nitrogens with zero attached hydrogens (tertiary/aromatic N) is 1. The van der Waals surface area contributed by atoms with Crippen LogP contribution >= 0.6 is 11.3 Å². The van der Waals surface area contributed by atoms with Crippen molar-refractivity contribution in [2.45, 2.75) is 13.0 Å². The van der Waals surface area contributed by atoms with Gasteiger partial charge >= 0.3 is 0 Å². The van der Waals surface area contributed by atoms with Gasteiger partial charge in [-0.1, -0.05) is 12.1 Å². The Balaban J connectivity index is 2.44. The lowest BCUT2D eigenvalue weighted by atomic mass is 10.1. The van der Waals surface area contributed by atoms with Gasteiger partial charge in [-0.15, -0.1) is 11.3 Å². The molecule has 2 aromatic rings. The molecule has 0 saturated heterocycles. The van der Waals surface area contributed by atoms with Crippen LogP contribution in [0.15, 0.2) is 24.4 Å². The summed E-state index contributed by atoms with van der Waals surface area (Å²) >= 11 is 1.59. The van der Waals surface area contributed by atoms with Crippen LogP contribution in [0.2, 0.25) is 0 Å². The van der Waals surface area contributed by atoms with Crippen LogP contribution in [-0.2, 0) is 0 Å². The largest absolute Gasteiger partial charge is 0.493 e. The van der Waals surface area contributed by atoms with Crippen molar-refractivity contribution >= 4 is 11.3 Å². The number of nitrogens with two attached hydrogens (primary N) is 1. The first-order valence-electron chi connectivity index (χ1n) is 5.56. The SMILES string of the molecule is COc1cccc(C(N)c2ncc(C)s2)c1OC. The van der Waals surface area contributed by atoms with Crippen molar-refractivity contribution < 1.29 is 9.47 Å². The van der Waals surface area contributed by atoms with Crippen LogP contribution in [0.4, 0.5) is 0 Å². The number of para-hydroxylation sites is 1. The normalized spacial score (nSPS) is 12.2. The molecular formula is C13H16N2O2S. The molecule has 0 aliphatic carbocycles. The molecule has 1 aromatic heterocycles. The third-order valence-electron chi connectivity index (χ3n) is 2.67. The zero-order valence-corrected chi connectivity index (χ0v) is 11.5. The third-order valence-corrected chi connectivity index (χ3v) is 3.67. The Morgan fingerprint density at radius 1 is 1.28 bits per heavy atom. The molecule has 2 N–H and O–H groups in total. The highest BCUT2D eigenvalue weighted by atomic mass is 32.1. The number of aromatic nitrogens is 1. The van der Waals surface area contributed by atoms with E-state index in [0.717, 1.165) is 15.4 Å². The summed E-state index contributed by atoms with van der Waals surface area (Å²) in [6, 6.07) is 5.39. The van der Waals surface area contributed by atoms with Gasteiger partial charge in [-0.2, -0.15) is 0 Å². The quantitative estimate of drug-likeness (QED) is 0.922.